The van der Waals surface area contributed by atoms with Gasteiger partial charge in [0.15, 0.2) is 0 Å². The third-order valence-electron chi connectivity index (χ3n) is 3.48. The second kappa shape index (κ2) is 6.33. The lowest BCUT2D eigenvalue weighted by Gasteiger charge is -2.13. The van der Waals surface area contributed by atoms with Gasteiger partial charge in [-0.05, 0) is 42.7 Å². The van der Waals surface area contributed by atoms with Crippen molar-refractivity contribution in [3.63, 3.8) is 0 Å². The van der Waals surface area contributed by atoms with E-state index in [0.717, 1.165) is 18.6 Å². The van der Waals surface area contributed by atoms with Crippen molar-refractivity contribution in [2.45, 2.75) is 29.3 Å². The zero-order chi connectivity index (χ0) is 13.8. The van der Waals surface area contributed by atoms with Crippen molar-refractivity contribution in [3.05, 3.63) is 60.2 Å². The normalized spacial score (nSPS) is 21.9. The summed E-state index contributed by atoms with van der Waals surface area (Å²) < 4.78 is 11.3. The maximum Gasteiger partial charge on any atom is 0.118 e. The number of thioether (sulfide) groups is 1. The highest BCUT2D eigenvalue weighted by Crippen LogP contribution is 2.40. The Bertz CT molecular complexity index is 539. The van der Waals surface area contributed by atoms with E-state index in [1.54, 1.807) is 18.9 Å². The van der Waals surface area contributed by atoms with Crippen molar-refractivity contribution in [1.82, 2.24) is 0 Å². The van der Waals surface area contributed by atoms with Crippen LogP contribution in [0.15, 0.2) is 59.5 Å². The smallest absolute Gasteiger partial charge is 0.118 e. The first-order valence-electron chi connectivity index (χ1n) is 6.86. The van der Waals surface area contributed by atoms with Gasteiger partial charge in [-0.1, -0.05) is 42.1 Å². The number of hydrogen-bond donors (Lipinski definition) is 0. The number of rotatable bonds is 4. The van der Waals surface area contributed by atoms with Crippen molar-refractivity contribution >= 4 is 11.8 Å². The van der Waals surface area contributed by atoms with E-state index < -0.39 is 0 Å². The van der Waals surface area contributed by atoms with Crippen LogP contribution in [0.2, 0.25) is 0 Å². The van der Waals surface area contributed by atoms with Crippen LogP contribution < -0.4 is 4.74 Å². The Morgan fingerprint density at radius 1 is 1.00 bits per heavy atom. The van der Waals surface area contributed by atoms with Crippen molar-refractivity contribution < 1.29 is 9.47 Å². The van der Waals surface area contributed by atoms with Gasteiger partial charge in [0.1, 0.15) is 11.2 Å². The average molecular weight is 286 g/mol. The van der Waals surface area contributed by atoms with Crippen LogP contribution in [0.1, 0.15) is 24.5 Å². The molecular formula is C17H18O2S. The van der Waals surface area contributed by atoms with Gasteiger partial charge in [-0.2, -0.15) is 0 Å². The minimum Gasteiger partial charge on any atom is -0.497 e. The maximum atomic E-state index is 6.14. The molecule has 2 aromatic carbocycles. The highest BCUT2D eigenvalue weighted by molar-refractivity contribution is 7.99. The second-order valence-electron chi connectivity index (χ2n) is 4.84. The van der Waals surface area contributed by atoms with Gasteiger partial charge < -0.3 is 9.47 Å². The van der Waals surface area contributed by atoms with Crippen LogP contribution in [0, 0.1) is 0 Å². The van der Waals surface area contributed by atoms with Gasteiger partial charge in [0.25, 0.3) is 0 Å². The molecule has 0 bridgehead atoms. The zero-order valence-corrected chi connectivity index (χ0v) is 12.3. The van der Waals surface area contributed by atoms with E-state index in [1.165, 1.54) is 10.5 Å². The molecule has 0 spiro atoms. The van der Waals surface area contributed by atoms with Crippen LogP contribution in [0.3, 0.4) is 0 Å². The summed E-state index contributed by atoms with van der Waals surface area (Å²) >= 11 is 1.79. The van der Waals surface area contributed by atoms with Crippen LogP contribution in [0.25, 0.3) is 0 Å². The highest BCUT2D eigenvalue weighted by Gasteiger charge is 2.26. The Morgan fingerprint density at radius 2 is 1.75 bits per heavy atom. The maximum absolute atomic E-state index is 6.14. The van der Waals surface area contributed by atoms with Crippen molar-refractivity contribution in [2.24, 2.45) is 0 Å². The van der Waals surface area contributed by atoms with Gasteiger partial charge in [0.05, 0.1) is 13.2 Å². The summed E-state index contributed by atoms with van der Waals surface area (Å²) in [6.45, 7) is 0. The molecule has 2 atom stereocenters. The Labute approximate surface area is 124 Å². The summed E-state index contributed by atoms with van der Waals surface area (Å²) in [6, 6.07) is 18.6. The molecule has 1 aliphatic rings. The molecule has 0 aromatic heterocycles. The standard InChI is InChI=1S/C17H18O2S/c1-18-14-7-9-15(10-8-14)20-17-12-11-16(19-17)13-5-3-2-4-6-13/h2-10,16-17H,11-12H2,1H3. The van der Waals surface area contributed by atoms with Crippen LogP contribution in [-0.4, -0.2) is 12.5 Å². The lowest BCUT2D eigenvalue weighted by Crippen LogP contribution is -2.01. The van der Waals surface area contributed by atoms with Crippen molar-refractivity contribution in [3.8, 4) is 5.75 Å². The van der Waals surface area contributed by atoms with Gasteiger partial charge in [0.2, 0.25) is 0 Å². The molecular weight excluding hydrogens is 268 g/mol. The third kappa shape index (κ3) is 3.17. The largest absolute Gasteiger partial charge is 0.497 e. The molecule has 1 aliphatic heterocycles. The van der Waals surface area contributed by atoms with Gasteiger partial charge in [0, 0.05) is 4.90 Å². The Balaban J connectivity index is 1.60. The summed E-state index contributed by atoms with van der Waals surface area (Å²) in [5.74, 6) is 0.892. The molecule has 1 fully saturated rings. The summed E-state index contributed by atoms with van der Waals surface area (Å²) in [5.41, 5.74) is 1.53. The predicted molar refractivity (Wildman–Crippen MR) is 82.1 cm³/mol. The SMILES string of the molecule is COc1ccc(SC2CCC(c3ccccc3)O2)cc1. The van der Waals surface area contributed by atoms with E-state index in [9.17, 15) is 0 Å². The molecule has 1 saturated heterocycles. The summed E-state index contributed by atoms with van der Waals surface area (Å²) in [7, 11) is 1.69. The van der Waals surface area contributed by atoms with Crippen LogP contribution in [0.4, 0.5) is 0 Å². The average Bonchev–Trinajstić information content (AvgIpc) is 2.97. The van der Waals surface area contributed by atoms with E-state index in [-0.39, 0.29) is 11.5 Å². The predicted octanol–water partition coefficient (Wildman–Crippen LogP) is 4.67. The fourth-order valence-electron chi connectivity index (χ4n) is 2.41. The van der Waals surface area contributed by atoms with Gasteiger partial charge in [-0.15, -0.1) is 0 Å². The zero-order valence-electron chi connectivity index (χ0n) is 11.5. The van der Waals surface area contributed by atoms with Gasteiger partial charge in [-0.3, -0.25) is 0 Å². The molecule has 0 saturated carbocycles. The topological polar surface area (TPSA) is 18.5 Å². The molecule has 2 unspecified atom stereocenters. The van der Waals surface area contributed by atoms with Crippen molar-refractivity contribution in [2.75, 3.05) is 7.11 Å². The molecule has 104 valence electrons. The molecule has 2 nitrogen and oxygen atoms in total. The lowest BCUT2D eigenvalue weighted by atomic mass is 10.1. The monoisotopic (exact) mass is 286 g/mol. The fourth-order valence-corrected chi connectivity index (χ4v) is 3.45. The molecule has 0 N–H and O–H groups in total. The van der Waals surface area contributed by atoms with Crippen LogP contribution in [0.5, 0.6) is 5.75 Å². The van der Waals surface area contributed by atoms with Crippen LogP contribution in [-0.2, 0) is 4.74 Å². The first-order chi connectivity index (χ1) is 9.85. The number of hydrogen-bond acceptors (Lipinski definition) is 3. The fraction of sp³-hybridized carbons (Fsp3) is 0.294. The van der Waals surface area contributed by atoms with E-state index in [2.05, 4.69) is 36.4 Å². The molecule has 3 heteroatoms. The van der Waals surface area contributed by atoms with E-state index >= 15 is 0 Å². The highest BCUT2D eigenvalue weighted by atomic mass is 32.2. The Hall–Kier alpha value is -1.45. The summed E-state index contributed by atoms with van der Waals surface area (Å²) in [4.78, 5) is 1.23. The van der Waals surface area contributed by atoms with Gasteiger partial charge >= 0.3 is 0 Å². The summed E-state index contributed by atoms with van der Waals surface area (Å²) in [6.07, 6.45) is 2.43. The Kier molecular flexibility index (Phi) is 4.28. The van der Waals surface area contributed by atoms with Crippen molar-refractivity contribution in [1.29, 1.82) is 0 Å². The number of benzene rings is 2. The van der Waals surface area contributed by atoms with E-state index in [4.69, 9.17) is 9.47 Å². The molecule has 1 heterocycles. The van der Waals surface area contributed by atoms with Gasteiger partial charge in [-0.25, -0.2) is 0 Å². The third-order valence-corrected chi connectivity index (χ3v) is 4.63. The second-order valence-corrected chi connectivity index (χ2v) is 6.07. The molecule has 3 rings (SSSR count). The number of ether oxygens (including phenoxy) is 2. The molecule has 0 radical (unpaired) electrons. The Morgan fingerprint density at radius 3 is 2.45 bits per heavy atom. The van der Waals surface area contributed by atoms with Crippen LogP contribution >= 0.6 is 11.8 Å². The molecule has 20 heavy (non-hydrogen) atoms. The minimum absolute atomic E-state index is 0.243. The summed E-state index contributed by atoms with van der Waals surface area (Å²) in [5, 5.41) is 0. The first-order valence-corrected chi connectivity index (χ1v) is 7.74. The minimum atomic E-state index is 0.243. The lowest BCUT2D eigenvalue weighted by molar-refractivity contribution is 0.0927. The molecule has 0 amide bonds. The van der Waals surface area contributed by atoms with E-state index in [1.807, 2.05) is 18.2 Å². The number of methoxy groups -OCH3 is 1. The first kappa shape index (κ1) is 13.5. The molecule has 2 aromatic rings. The molecule has 0 aliphatic carbocycles. The van der Waals surface area contributed by atoms with E-state index in [0.29, 0.717) is 0 Å². The quantitative estimate of drug-likeness (QED) is 0.814.